The van der Waals surface area contributed by atoms with E-state index in [1.54, 1.807) is 0 Å². The number of hydrogen-bond acceptors (Lipinski definition) is 3. The van der Waals surface area contributed by atoms with Crippen molar-refractivity contribution in [3.8, 4) is 0 Å². The summed E-state index contributed by atoms with van der Waals surface area (Å²) in [4.78, 5) is 21.3. The third kappa shape index (κ3) is 2.90. The SMILES string of the molecule is CC1(C(=O)O)C=CC=C(C(=O)O)C1.CC1(C)C2CCC1(C)C(O)C2. The number of carboxylic acids is 2. The van der Waals surface area contributed by atoms with Crippen molar-refractivity contribution in [1.29, 1.82) is 0 Å². The van der Waals surface area contributed by atoms with Gasteiger partial charge in [0.1, 0.15) is 0 Å². The van der Waals surface area contributed by atoms with Gasteiger partial charge in [0.2, 0.25) is 0 Å². The second-order valence-corrected chi connectivity index (χ2v) is 8.38. The Balaban J connectivity index is 0.000000175. The molecule has 0 aromatic heterocycles. The molecule has 3 aliphatic carbocycles. The smallest absolute Gasteiger partial charge is 0.331 e. The van der Waals surface area contributed by atoms with Crippen LogP contribution in [0.15, 0.2) is 23.8 Å². The highest BCUT2D eigenvalue weighted by Gasteiger charge is 2.60. The lowest BCUT2D eigenvalue weighted by molar-refractivity contribution is -0.145. The Morgan fingerprint density at radius 2 is 1.79 bits per heavy atom. The second-order valence-electron chi connectivity index (χ2n) is 8.38. The van der Waals surface area contributed by atoms with Gasteiger partial charge in [-0.2, -0.15) is 0 Å². The number of aliphatic hydroxyl groups is 1. The van der Waals surface area contributed by atoms with Crippen LogP contribution in [-0.4, -0.2) is 33.4 Å². The zero-order valence-electron chi connectivity index (χ0n) is 14.9. The topological polar surface area (TPSA) is 94.8 Å². The van der Waals surface area contributed by atoms with Crippen molar-refractivity contribution in [1.82, 2.24) is 0 Å². The average molecular weight is 336 g/mol. The maximum absolute atomic E-state index is 10.8. The molecule has 0 aromatic carbocycles. The highest BCUT2D eigenvalue weighted by Crippen LogP contribution is 2.65. The Morgan fingerprint density at radius 1 is 1.17 bits per heavy atom. The predicted molar refractivity (Wildman–Crippen MR) is 90.5 cm³/mol. The monoisotopic (exact) mass is 336 g/mol. The van der Waals surface area contributed by atoms with Gasteiger partial charge in [0, 0.05) is 5.57 Å². The number of allylic oxidation sites excluding steroid dienone is 2. The number of fused-ring (bicyclic) bond motifs is 2. The van der Waals surface area contributed by atoms with Gasteiger partial charge < -0.3 is 15.3 Å². The summed E-state index contributed by atoms with van der Waals surface area (Å²) >= 11 is 0. The molecule has 5 heteroatoms. The fraction of sp³-hybridized carbons (Fsp3) is 0.684. The van der Waals surface area contributed by atoms with Gasteiger partial charge >= 0.3 is 11.9 Å². The maximum atomic E-state index is 10.8. The van der Waals surface area contributed by atoms with Gasteiger partial charge in [0.25, 0.3) is 0 Å². The van der Waals surface area contributed by atoms with Crippen LogP contribution in [0.4, 0.5) is 0 Å². The second kappa shape index (κ2) is 6.03. The Kier molecular flexibility index (Phi) is 4.70. The molecule has 2 saturated carbocycles. The zero-order chi connectivity index (χ0) is 18.3. The van der Waals surface area contributed by atoms with E-state index in [2.05, 4.69) is 20.8 Å². The van der Waals surface area contributed by atoms with Crippen molar-refractivity contribution in [2.75, 3.05) is 0 Å². The first-order valence-corrected chi connectivity index (χ1v) is 8.47. The number of carboxylic acid groups (broad SMARTS) is 2. The molecule has 4 unspecified atom stereocenters. The van der Waals surface area contributed by atoms with E-state index in [0.717, 1.165) is 12.3 Å². The van der Waals surface area contributed by atoms with Crippen molar-refractivity contribution in [2.24, 2.45) is 22.2 Å². The van der Waals surface area contributed by atoms with E-state index in [1.807, 2.05) is 0 Å². The van der Waals surface area contributed by atoms with Crippen LogP contribution in [0.5, 0.6) is 0 Å². The van der Waals surface area contributed by atoms with Crippen LogP contribution in [0.3, 0.4) is 0 Å². The zero-order valence-corrected chi connectivity index (χ0v) is 14.9. The summed E-state index contributed by atoms with van der Waals surface area (Å²) in [5.74, 6) is -1.28. The van der Waals surface area contributed by atoms with Gasteiger partial charge in [0.05, 0.1) is 11.5 Å². The summed E-state index contributed by atoms with van der Waals surface area (Å²) in [5.41, 5.74) is -0.348. The minimum absolute atomic E-state index is 0.0313. The van der Waals surface area contributed by atoms with Crippen molar-refractivity contribution >= 4 is 11.9 Å². The first-order valence-electron chi connectivity index (χ1n) is 8.47. The molecule has 0 heterocycles. The largest absolute Gasteiger partial charge is 0.481 e. The van der Waals surface area contributed by atoms with E-state index < -0.39 is 17.4 Å². The Hall–Kier alpha value is -1.62. The van der Waals surface area contributed by atoms with Crippen molar-refractivity contribution in [3.63, 3.8) is 0 Å². The van der Waals surface area contributed by atoms with Gasteiger partial charge in [-0.25, -0.2) is 4.79 Å². The lowest BCUT2D eigenvalue weighted by Crippen LogP contribution is -2.35. The molecule has 3 N–H and O–H groups in total. The minimum Gasteiger partial charge on any atom is -0.481 e. The van der Waals surface area contributed by atoms with Crippen molar-refractivity contribution in [3.05, 3.63) is 23.8 Å². The quantitative estimate of drug-likeness (QED) is 0.719. The summed E-state index contributed by atoms with van der Waals surface area (Å²) in [5, 5.41) is 27.3. The predicted octanol–water partition coefficient (Wildman–Crippen LogP) is 3.24. The molecule has 4 atom stereocenters. The van der Waals surface area contributed by atoms with Gasteiger partial charge in [-0.3, -0.25) is 4.79 Å². The van der Waals surface area contributed by atoms with Crippen LogP contribution >= 0.6 is 0 Å². The first-order chi connectivity index (χ1) is 10.9. The van der Waals surface area contributed by atoms with Crippen molar-refractivity contribution in [2.45, 2.75) is 59.5 Å². The summed E-state index contributed by atoms with van der Waals surface area (Å²) in [6, 6.07) is 0. The number of aliphatic hydroxyl groups excluding tert-OH is 1. The first kappa shape index (κ1) is 18.7. The van der Waals surface area contributed by atoms with E-state index in [1.165, 1.54) is 38.0 Å². The molecule has 5 nitrogen and oxygen atoms in total. The van der Waals surface area contributed by atoms with E-state index in [4.69, 9.17) is 10.2 Å². The summed E-state index contributed by atoms with van der Waals surface area (Å²) in [6.45, 7) is 8.40. The van der Waals surface area contributed by atoms with Gasteiger partial charge in [-0.15, -0.1) is 0 Å². The molecular weight excluding hydrogens is 308 g/mol. The van der Waals surface area contributed by atoms with Crippen LogP contribution in [0.1, 0.15) is 53.4 Å². The molecule has 0 aromatic rings. The molecule has 0 radical (unpaired) electrons. The molecular formula is C19H28O5. The summed E-state index contributed by atoms with van der Waals surface area (Å²) < 4.78 is 0. The molecule has 24 heavy (non-hydrogen) atoms. The lowest BCUT2D eigenvalue weighted by atomic mass is 9.70. The summed E-state index contributed by atoms with van der Waals surface area (Å²) in [6.07, 6.45) is 8.01. The molecule has 134 valence electrons. The van der Waals surface area contributed by atoms with Crippen molar-refractivity contribution < 1.29 is 24.9 Å². The minimum atomic E-state index is -1.08. The normalized spacial score (nSPS) is 39.0. The van der Waals surface area contributed by atoms with Gasteiger partial charge in [0.15, 0.2) is 0 Å². The standard InChI is InChI=1S/C10H18O.C9H10O4/c1-9(2)7-4-5-10(9,3)8(11)6-7;1-9(8(12)13)4-2-3-6(5-9)7(10)11/h7-8,11H,4-6H2,1-3H3;2-4H,5H2,1H3,(H,10,11)(H,12,13). The maximum Gasteiger partial charge on any atom is 0.331 e. The fourth-order valence-electron chi connectivity index (χ4n) is 4.35. The lowest BCUT2D eigenvalue weighted by Gasteiger charge is -2.36. The molecule has 0 spiro atoms. The van der Waals surface area contributed by atoms with E-state index >= 15 is 0 Å². The van der Waals surface area contributed by atoms with Crippen LogP contribution in [0, 0.1) is 22.2 Å². The average Bonchev–Trinajstić information content (AvgIpc) is 2.81. The molecule has 0 saturated heterocycles. The third-order valence-electron chi connectivity index (χ3n) is 6.83. The highest BCUT2D eigenvalue weighted by atomic mass is 16.4. The van der Waals surface area contributed by atoms with Crippen LogP contribution < -0.4 is 0 Å². The molecule has 0 aliphatic heterocycles. The molecule has 2 fully saturated rings. The Bertz CT molecular complexity index is 603. The van der Waals surface area contributed by atoms with Crippen LogP contribution in [0.25, 0.3) is 0 Å². The third-order valence-corrected chi connectivity index (χ3v) is 6.83. The molecule has 3 aliphatic rings. The van der Waals surface area contributed by atoms with E-state index in [0.29, 0.717) is 5.41 Å². The molecule has 3 rings (SSSR count). The summed E-state index contributed by atoms with van der Waals surface area (Å²) in [7, 11) is 0. The molecule has 2 bridgehead atoms. The fourth-order valence-corrected chi connectivity index (χ4v) is 4.35. The van der Waals surface area contributed by atoms with Crippen LogP contribution in [-0.2, 0) is 9.59 Å². The number of rotatable bonds is 2. The number of hydrogen-bond donors (Lipinski definition) is 3. The Labute approximate surface area is 143 Å². The van der Waals surface area contributed by atoms with Gasteiger partial charge in [-0.05, 0) is 49.4 Å². The van der Waals surface area contributed by atoms with Gasteiger partial charge in [-0.1, -0.05) is 39.0 Å². The van der Waals surface area contributed by atoms with Crippen LogP contribution in [0.2, 0.25) is 0 Å². The number of carbonyl (C=O) groups is 2. The number of aliphatic carboxylic acids is 2. The Morgan fingerprint density at radius 3 is 2.12 bits per heavy atom. The van der Waals surface area contributed by atoms with E-state index in [9.17, 15) is 14.7 Å². The van der Waals surface area contributed by atoms with E-state index in [-0.39, 0.29) is 23.5 Å². The molecule has 0 amide bonds. The highest BCUT2D eigenvalue weighted by molar-refractivity contribution is 5.90.